The quantitative estimate of drug-likeness (QED) is 0.434. The van der Waals surface area contributed by atoms with Gasteiger partial charge in [0.15, 0.2) is 0 Å². The van der Waals surface area contributed by atoms with Gasteiger partial charge >= 0.3 is 26.8 Å². The van der Waals surface area contributed by atoms with Crippen molar-refractivity contribution in [1.82, 2.24) is 0 Å². The molecule has 1 aliphatic heterocycles. The zero-order chi connectivity index (χ0) is 9.83. The Balaban J connectivity index is 0. The Morgan fingerprint density at radius 1 is 1.15 bits per heavy atom. The van der Waals surface area contributed by atoms with Crippen LogP contribution in [0.15, 0.2) is 0 Å². The molecule has 0 radical (unpaired) electrons. The number of hydrogen-bond acceptors (Lipinski definition) is 3. The monoisotopic (exact) mass is 228 g/mol. The molecule has 9 heteroatoms. The fraction of sp³-hybridized carbons (Fsp3) is 1.00. The first-order valence-electron chi connectivity index (χ1n) is 3.16. The van der Waals surface area contributed by atoms with Gasteiger partial charge in [-0.25, -0.2) is 13.0 Å². The number of halogens is 1. The average Bonchev–Trinajstić information content (AvgIpc) is 2.08. The summed E-state index contributed by atoms with van der Waals surface area (Å²) in [7, 11) is -7.69. The number of hydrogen-bond donors (Lipinski definition) is 2. The normalized spacial score (nSPS) is 19.6. The molecule has 0 atom stereocenters. The first kappa shape index (κ1) is 16.1. The molecule has 0 saturated carbocycles. The summed E-state index contributed by atoms with van der Waals surface area (Å²) in [5, 5.41) is 0. The van der Waals surface area contributed by atoms with Crippen LogP contribution >= 0.6 is 7.91 Å². The molecule has 1 saturated heterocycles. The fourth-order valence-electron chi connectivity index (χ4n) is 0.746. The van der Waals surface area contributed by atoms with Gasteiger partial charge in [-0.2, -0.15) is 0 Å². The molecule has 2 N–H and O–H groups in total. The van der Waals surface area contributed by atoms with Crippen LogP contribution < -0.4 is 0 Å². The summed E-state index contributed by atoms with van der Waals surface area (Å²) in [6.07, 6.45) is 1.75. The zero-order valence-corrected chi connectivity index (χ0v) is 7.89. The van der Waals surface area contributed by atoms with E-state index < -0.39 is 17.7 Å². The second-order valence-electron chi connectivity index (χ2n) is 2.33. The molecule has 13 heavy (non-hydrogen) atoms. The van der Waals surface area contributed by atoms with Crippen LogP contribution in [0.2, 0.25) is 0 Å². The van der Waals surface area contributed by atoms with Crippen LogP contribution in [0.25, 0.3) is 0 Å². The van der Waals surface area contributed by atoms with E-state index in [1.807, 2.05) is 0 Å². The van der Waals surface area contributed by atoms with Gasteiger partial charge in [-0.05, 0) is 12.8 Å². The first-order chi connectivity index (χ1) is 5.21. The Morgan fingerprint density at radius 2 is 1.38 bits per heavy atom. The molecule has 5 nitrogen and oxygen atoms in total. The Bertz CT molecular complexity index is 252. The van der Waals surface area contributed by atoms with Crippen molar-refractivity contribution in [3.8, 4) is 0 Å². The third-order valence-electron chi connectivity index (χ3n) is 1.16. The predicted molar refractivity (Wildman–Crippen MR) is 48.2 cm³/mol. The summed E-state index contributed by atoms with van der Waals surface area (Å²) in [4.78, 5) is 13.9. The van der Waals surface area contributed by atoms with E-state index in [0.29, 0.717) is 11.5 Å². The van der Waals surface area contributed by atoms with Crippen LogP contribution in [0.3, 0.4) is 0 Å². The van der Waals surface area contributed by atoms with E-state index in [1.54, 1.807) is 0 Å². The Kier molecular flexibility index (Phi) is 7.63. The predicted octanol–water partition coefficient (Wildman–Crippen LogP) is -0.405. The van der Waals surface area contributed by atoms with Gasteiger partial charge < -0.3 is 0 Å². The van der Waals surface area contributed by atoms with E-state index in [4.69, 9.17) is 14.4 Å². The second kappa shape index (κ2) is 6.17. The van der Waals surface area contributed by atoms with E-state index in [9.17, 15) is 12.6 Å². The molecule has 0 aromatic heterocycles. The van der Waals surface area contributed by atoms with E-state index in [0.717, 1.165) is 12.8 Å². The molecule has 0 aromatic rings. The molecule has 76 valence electrons. The summed E-state index contributed by atoms with van der Waals surface area (Å²) in [6.45, 7) is 0. The van der Waals surface area contributed by atoms with E-state index in [2.05, 4.69) is 0 Å². The Labute approximate surface area is 88.1 Å². The molecule has 1 aliphatic rings. The van der Waals surface area contributed by atoms with Gasteiger partial charge in [0.05, 0.1) is 11.5 Å². The summed E-state index contributed by atoms with van der Waals surface area (Å²) in [5.74, 6) is 0.847. The molecule has 0 unspecified atom stereocenters. The van der Waals surface area contributed by atoms with E-state index >= 15 is 0 Å². The number of rotatable bonds is 0. The van der Waals surface area contributed by atoms with Gasteiger partial charge in [-0.3, -0.25) is 9.79 Å². The molecule has 0 amide bonds. The molecule has 1 fully saturated rings. The van der Waals surface area contributed by atoms with Gasteiger partial charge in [-0.15, -0.1) is 4.20 Å². The topological polar surface area (TPSA) is 91.7 Å². The SMILES string of the molecule is O=P(O)(O)F.O=S1(=O)CCCC1.[LiH]. The van der Waals surface area contributed by atoms with Crippen molar-refractivity contribution in [2.24, 2.45) is 0 Å². The average molecular weight is 228 g/mol. The van der Waals surface area contributed by atoms with E-state index in [-0.39, 0.29) is 18.9 Å². The first-order valence-corrected chi connectivity index (χ1v) is 6.49. The van der Waals surface area contributed by atoms with Crippen molar-refractivity contribution in [3.63, 3.8) is 0 Å². The zero-order valence-electron chi connectivity index (χ0n) is 6.18. The van der Waals surface area contributed by atoms with Crippen molar-refractivity contribution in [2.75, 3.05) is 11.5 Å². The molecule has 0 aromatic carbocycles. The van der Waals surface area contributed by atoms with E-state index in [1.165, 1.54) is 0 Å². The molecular weight excluding hydrogens is 217 g/mol. The van der Waals surface area contributed by atoms with Crippen molar-refractivity contribution in [1.29, 1.82) is 0 Å². The maximum atomic E-state index is 10.4. The molecular formula is C4H11FLiO5PS. The van der Waals surface area contributed by atoms with Crippen LogP contribution in [-0.2, 0) is 14.4 Å². The Morgan fingerprint density at radius 3 is 1.46 bits per heavy atom. The van der Waals surface area contributed by atoms with Crippen LogP contribution in [0.5, 0.6) is 0 Å². The molecule has 1 heterocycles. The minimum absolute atomic E-state index is 0. The van der Waals surface area contributed by atoms with Gasteiger partial charge in [-0.1, -0.05) is 0 Å². The maximum absolute atomic E-state index is 10.4. The summed E-state index contributed by atoms with van der Waals surface area (Å²) >= 11 is 0. The minimum atomic E-state index is -5.14. The van der Waals surface area contributed by atoms with Crippen LogP contribution in [-0.4, -0.2) is 48.6 Å². The molecule has 0 bridgehead atoms. The van der Waals surface area contributed by atoms with Gasteiger partial charge in [0.2, 0.25) is 0 Å². The molecule has 0 aliphatic carbocycles. The van der Waals surface area contributed by atoms with Crippen molar-refractivity contribution in [3.05, 3.63) is 0 Å². The van der Waals surface area contributed by atoms with Crippen molar-refractivity contribution >= 4 is 36.6 Å². The van der Waals surface area contributed by atoms with Gasteiger partial charge in [0, 0.05) is 0 Å². The number of sulfone groups is 1. The van der Waals surface area contributed by atoms with Gasteiger partial charge in [0.25, 0.3) is 0 Å². The summed E-state index contributed by atoms with van der Waals surface area (Å²) < 4.78 is 39.9. The van der Waals surface area contributed by atoms with Gasteiger partial charge in [0.1, 0.15) is 9.84 Å². The van der Waals surface area contributed by atoms with Crippen LogP contribution in [0, 0.1) is 0 Å². The summed E-state index contributed by atoms with van der Waals surface area (Å²) in [6, 6.07) is 0. The summed E-state index contributed by atoms with van der Waals surface area (Å²) in [5.41, 5.74) is 0. The molecule has 0 spiro atoms. The third kappa shape index (κ3) is 15.4. The third-order valence-corrected chi connectivity index (χ3v) is 2.98. The van der Waals surface area contributed by atoms with Crippen LogP contribution in [0.1, 0.15) is 12.8 Å². The Hall–Kier alpha value is 0.627. The van der Waals surface area contributed by atoms with Crippen molar-refractivity contribution in [2.45, 2.75) is 12.8 Å². The molecule has 1 rings (SSSR count). The van der Waals surface area contributed by atoms with Crippen LogP contribution in [0.4, 0.5) is 4.20 Å². The second-order valence-corrected chi connectivity index (χ2v) is 5.58. The standard InChI is InChI=1S/C4H8O2S.FH2O3P.Li.H/c5-7(6)3-1-2-4-7;1-5(2,3)4;;/h1-4H2;(H2,2,3,4);;. The van der Waals surface area contributed by atoms with Crippen molar-refractivity contribution < 1.29 is 27.0 Å². The fourth-order valence-corrected chi connectivity index (χ4v) is 2.24.